The van der Waals surface area contributed by atoms with Gasteiger partial charge in [-0.2, -0.15) is 0 Å². The predicted octanol–water partition coefficient (Wildman–Crippen LogP) is -0.966. The van der Waals surface area contributed by atoms with E-state index in [4.69, 9.17) is 10.0 Å². The molecule has 18 heavy (non-hydrogen) atoms. The topological polar surface area (TPSA) is 102 Å². The van der Waals surface area contributed by atoms with Gasteiger partial charge in [0, 0.05) is 18.0 Å². The molecule has 0 bridgehead atoms. The molecule has 0 aliphatic carbocycles. The van der Waals surface area contributed by atoms with E-state index >= 15 is 0 Å². The van der Waals surface area contributed by atoms with Gasteiger partial charge in [0.25, 0.3) is 0 Å². The van der Waals surface area contributed by atoms with E-state index < -0.39 is 19.1 Å². The summed E-state index contributed by atoms with van der Waals surface area (Å²) in [6.07, 6.45) is 3.52. The van der Waals surface area contributed by atoms with Crippen molar-refractivity contribution in [3.63, 3.8) is 0 Å². The lowest BCUT2D eigenvalue weighted by Crippen LogP contribution is -2.54. The summed E-state index contributed by atoms with van der Waals surface area (Å²) in [5, 5.41) is 33.6. The second kappa shape index (κ2) is 5.56. The molecule has 6 nitrogen and oxygen atoms in total. The van der Waals surface area contributed by atoms with Gasteiger partial charge in [0.1, 0.15) is 6.04 Å². The van der Waals surface area contributed by atoms with Crippen LogP contribution in [0, 0.1) is 5.41 Å². The van der Waals surface area contributed by atoms with Crippen LogP contribution in [0.2, 0.25) is 6.32 Å². The molecule has 2 aliphatic rings. The van der Waals surface area contributed by atoms with Crippen LogP contribution in [0.15, 0.2) is 0 Å². The van der Waals surface area contributed by atoms with E-state index in [1.807, 2.05) is 0 Å². The minimum atomic E-state index is -1.30. The van der Waals surface area contributed by atoms with E-state index in [2.05, 4.69) is 10.6 Å². The lowest BCUT2D eigenvalue weighted by atomic mass is 9.66. The van der Waals surface area contributed by atoms with Gasteiger partial charge in [-0.3, -0.25) is 4.79 Å². The van der Waals surface area contributed by atoms with Crippen molar-refractivity contribution in [3.8, 4) is 0 Å². The molecule has 3 atom stereocenters. The Kier molecular flexibility index (Phi) is 4.27. The molecule has 2 aliphatic heterocycles. The first-order valence-corrected chi connectivity index (χ1v) is 6.62. The third-order valence-corrected chi connectivity index (χ3v) is 4.36. The molecule has 2 saturated heterocycles. The van der Waals surface area contributed by atoms with Crippen LogP contribution in [0.5, 0.6) is 0 Å². The summed E-state index contributed by atoms with van der Waals surface area (Å²) >= 11 is 0. The van der Waals surface area contributed by atoms with Crippen molar-refractivity contribution < 1.29 is 19.9 Å². The highest BCUT2D eigenvalue weighted by Gasteiger charge is 2.53. The molecule has 0 saturated carbocycles. The first kappa shape index (κ1) is 13.8. The smallest absolute Gasteiger partial charge is 0.451 e. The van der Waals surface area contributed by atoms with E-state index in [0.29, 0.717) is 25.7 Å². The molecule has 7 heteroatoms. The van der Waals surface area contributed by atoms with Crippen LogP contribution in [0.3, 0.4) is 0 Å². The molecule has 0 amide bonds. The zero-order valence-corrected chi connectivity index (χ0v) is 10.4. The molecule has 0 aromatic heterocycles. The quantitative estimate of drug-likeness (QED) is 0.406. The second-order valence-electron chi connectivity index (χ2n) is 5.40. The Morgan fingerprint density at radius 2 is 2.17 bits per heavy atom. The molecule has 0 aromatic carbocycles. The van der Waals surface area contributed by atoms with Crippen LogP contribution >= 0.6 is 0 Å². The van der Waals surface area contributed by atoms with Crippen LogP contribution < -0.4 is 10.6 Å². The Morgan fingerprint density at radius 1 is 1.39 bits per heavy atom. The zero-order valence-electron chi connectivity index (χ0n) is 10.4. The van der Waals surface area contributed by atoms with Gasteiger partial charge in [0.05, 0.1) is 0 Å². The third kappa shape index (κ3) is 2.54. The SMILES string of the molecule is O=C(O)[C@H]1NC[C@@H]2NCCC[C@@]21CCCB(O)O. The van der Waals surface area contributed by atoms with E-state index in [9.17, 15) is 9.90 Å². The van der Waals surface area contributed by atoms with Crippen molar-refractivity contribution in [1.82, 2.24) is 10.6 Å². The molecule has 0 spiro atoms. The zero-order chi connectivity index (χ0) is 13.2. The Labute approximate surface area is 107 Å². The summed E-state index contributed by atoms with van der Waals surface area (Å²) in [6, 6.07) is -0.339. The summed E-state index contributed by atoms with van der Waals surface area (Å²) in [5.41, 5.74) is -0.279. The number of carbonyl (C=O) groups is 1. The largest absolute Gasteiger partial charge is 0.480 e. The van der Waals surface area contributed by atoms with Gasteiger partial charge in [-0.15, -0.1) is 0 Å². The number of hydrogen-bond donors (Lipinski definition) is 5. The van der Waals surface area contributed by atoms with Crippen LogP contribution in [-0.2, 0) is 4.79 Å². The van der Waals surface area contributed by atoms with Crippen molar-refractivity contribution in [2.24, 2.45) is 5.41 Å². The Morgan fingerprint density at radius 3 is 2.83 bits per heavy atom. The Bertz CT molecular complexity index is 315. The number of aliphatic carboxylic acids is 1. The van der Waals surface area contributed by atoms with Crippen molar-refractivity contribution >= 4 is 13.1 Å². The number of hydrogen-bond acceptors (Lipinski definition) is 5. The first-order valence-electron chi connectivity index (χ1n) is 6.62. The van der Waals surface area contributed by atoms with Gasteiger partial charge >= 0.3 is 13.1 Å². The van der Waals surface area contributed by atoms with E-state index in [1.54, 1.807) is 0 Å². The summed E-state index contributed by atoms with van der Waals surface area (Å²) < 4.78 is 0. The molecular formula is C11H21BN2O4. The lowest BCUT2D eigenvalue weighted by Gasteiger charge is -2.42. The first-order chi connectivity index (χ1) is 8.56. The summed E-state index contributed by atoms with van der Waals surface area (Å²) in [7, 11) is -1.30. The Balaban J connectivity index is 2.07. The standard InChI is InChI=1S/C11H21BN2O4/c15-10(16)9-11(3-1-5-12(17)18)4-2-6-13-8(11)7-14-9/h8-9,13-14,17-18H,1-7H2,(H,15,16)/t8-,9+,11-/m0/s1. The number of rotatable bonds is 5. The van der Waals surface area contributed by atoms with Gasteiger partial charge in [0.2, 0.25) is 0 Å². The van der Waals surface area contributed by atoms with Crippen LogP contribution in [0.4, 0.5) is 0 Å². The van der Waals surface area contributed by atoms with Gasteiger partial charge < -0.3 is 25.8 Å². The fraction of sp³-hybridized carbons (Fsp3) is 0.909. The highest BCUT2D eigenvalue weighted by molar-refractivity contribution is 6.40. The normalized spacial score (nSPS) is 35.2. The minimum absolute atomic E-state index is 0.184. The molecule has 102 valence electrons. The summed E-state index contributed by atoms with van der Waals surface area (Å²) in [5.74, 6) is -0.800. The number of piperidine rings is 1. The number of carboxylic acids is 1. The van der Waals surface area contributed by atoms with Crippen molar-refractivity contribution in [1.29, 1.82) is 0 Å². The maximum absolute atomic E-state index is 11.4. The summed E-state index contributed by atoms with van der Waals surface area (Å²) in [4.78, 5) is 11.4. The van der Waals surface area contributed by atoms with Gasteiger partial charge in [-0.1, -0.05) is 6.42 Å². The van der Waals surface area contributed by atoms with Crippen LogP contribution in [-0.4, -0.2) is 53.4 Å². The molecule has 0 aromatic rings. The van der Waals surface area contributed by atoms with Gasteiger partial charge in [-0.25, -0.2) is 0 Å². The van der Waals surface area contributed by atoms with Crippen LogP contribution in [0.1, 0.15) is 25.7 Å². The molecule has 0 radical (unpaired) electrons. The molecule has 5 N–H and O–H groups in total. The minimum Gasteiger partial charge on any atom is -0.480 e. The van der Waals surface area contributed by atoms with E-state index in [-0.39, 0.29) is 11.5 Å². The third-order valence-electron chi connectivity index (χ3n) is 4.36. The predicted molar refractivity (Wildman–Crippen MR) is 67.1 cm³/mol. The maximum Gasteiger partial charge on any atom is 0.451 e. The maximum atomic E-state index is 11.4. The highest BCUT2D eigenvalue weighted by Crippen LogP contribution is 2.43. The number of carboxylic acid groups (broad SMARTS) is 1. The van der Waals surface area contributed by atoms with Crippen molar-refractivity contribution in [3.05, 3.63) is 0 Å². The van der Waals surface area contributed by atoms with Crippen molar-refractivity contribution in [2.45, 2.75) is 44.1 Å². The van der Waals surface area contributed by atoms with E-state index in [0.717, 1.165) is 19.4 Å². The average Bonchev–Trinajstić information content (AvgIpc) is 2.67. The molecule has 0 unspecified atom stereocenters. The summed E-state index contributed by atoms with van der Waals surface area (Å²) in [6.45, 7) is 1.61. The molecule has 2 fully saturated rings. The Hall–Kier alpha value is -0.625. The van der Waals surface area contributed by atoms with Gasteiger partial charge in [-0.05, 0) is 32.1 Å². The molecule has 2 rings (SSSR count). The number of nitrogens with one attached hydrogen (secondary N) is 2. The molecule has 2 heterocycles. The highest BCUT2D eigenvalue weighted by atomic mass is 16.4. The number of fused-ring (bicyclic) bond motifs is 1. The monoisotopic (exact) mass is 256 g/mol. The molecular weight excluding hydrogens is 235 g/mol. The van der Waals surface area contributed by atoms with Crippen LogP contribution in [0.25, 0.3) is 0 Å². The van der Waals surface area contributed by atoms with Crippen molar-refractivity contribution in [2.75, 3.05) is 13.1 Å². The fourth-order valence-electron chi connectivity index (χ4n) is 3.52. The fourth-order valence-corrected chi connectivity index (χ4v) is 3.52. The lowest BCUT2D eigenvalue weighted by molar-refractivity contribution is -0.142. The van der Waals surface area contributed by atoms with Gasteiger partial charge in [0.15, 0.2) is 0 Å². The van der Waals surface area contributed by atoms with E-state index in [1.165, 1.54) is 0 Å². The average molecular weight is 256 g/mol. The second-order valence-corrected chi connectivity index (χ2v) is 5.40.